The number of anilines is 1. The molecule has 1 aliphatic rings. The maximum absolute atomic E-state index is 12.0. The molecule has 0 radical (unpaired) electrons. The number of carbonyl (C=O) groups is 1. The maximum atomic E-state index is 12.0. The number of nitrogen functional groups attached to an aromatic ring is 1. The Morgan fingerprint density at radius 1 is 1.37 bits per heavy atom. The Morgan fingerprint density at radius 2 is 2.13 bits per heavy atom. The number of aliphatic hydroxyl groups is 2. The third-order valence-corrected chi connectivity index (χ3v) is 5.38. The third kappa shape index (κ3) is 4.09. The number of esters is 1. The lowest BCUT2D eigenvalue weighted by atomic mass is 9.92. The average Bonchev–Trinajstić information content (AvgIpc) is 3.28. The number of ether oxygens (including phenoxy) is 2. The van der Waals surface area contributed by atoms with Gasteiger partial charge in [0, 0.05) is 6.42 Å². The van der Waals surface area contributed by atoms with Gasteiger partial charge in [0.15, 0.2) is 5.82 Å². The summed E-state index contributed by atoms with van der Waals surface area (Å²) in [5.41, 5.74) is 4.56. The zero-order chi connectivity index (χ0) is 21.7. The normalized spacial score (nSPS) is 26.0. The SMILES string of the molecule is CCCCCCCC(=O)OC[C@H]1OC(C#N)(c2ccc3c(N)ncnn23)[C@H](O)[C@@H]1O. The number of hydrogen-bond donors (Lipinski definition) is 3. The molecule has 2 aromatic rings. The topological polar surface area (TPSA) is 156 Å². The summed E-state index contributed by atoms with van der Waals surface area (Å²) in [6.45, 7) is 1.85. The molecule has 0 aliphatic carbocycles. The van der Waals surface area contributed by atoms with Gasteiger partial charge in [0.2, 0.25) is 5.60 Å². The summed E-state index contributed by atoms with van der Waals surface area (Å²) < 4.78 is 12.3. The van der Waals surface area contributed by atoms with E-state index in [2.05, 4.69) is 17.0 Å². The van der Waals surface area contributed by atoms with Gasteiger partial charge in [0.25, 0.3) is 0 Å². The molecule has 0 aromatic carbocycles. The molecule has 0 amide bonds. The highest BCUT2D eigenvalue weighted by atomic mass is 16.6. The van der Waals surface area contributed by atoms with Crippen molar-refractivity contribution in [3.05, 3.63) is 24.2 Å². The van der Waals surface area contributed by atoms with Crippen LogP contribution < -0.4 is 5.73 Å². The summed E-state index contributed by atoms with van der Waals surface area (Å²) in [6, 6.07) is 5.08. The molecule has 1 fully saturated rings. The summed E-state index contributed by atoms with van der Waals surface area (Å²) in [7, 11) is 0. The van der Waals surface area contributed by atoms with Crippen LogP contribution in [0, 0.1) is 11.3 Å². The summed E-state index contributed by atoms with van der Waals surface area (Å²) >= 11 is 0. The highest BCUT2D eigenvalue weighted by molar-refractivity contribution is 5.69. The van der Waals surface area contributed by atoms with E-state index in [-0.39, 0.29) is 24.5 Å². The first-order chi connectivity index (χ1) is 14.4. The second kappa shape index (κ2) is 9.38. The van der Waals surface area contributed by atoms with Crippen molar-refractivity contribution in [1.82, 2.24) is 14.6 Å². The van der Waals surface area contributed by atoms with Gasteiger partial charge in [-0.25, -0.2) is 9.50 Å². The number of carbonyl (C=O) groups excluding carboxylic acids is 1. The molecular weight excluding hydrogens is 390 g/mol. The quantitative estimate of drug-likeness (QED) is 0.401. The van der Waals surface area contributed by atoms with Crippen LogP contribution in [0.4, 0.5) is 5.82 Å². The number of rotatable bonds is 9. The Labute approximate surface area is 174 Å². The van der Waals surface area contributed by atoms with Crippen molar-refractivity contribution < 1.29 is 24.5 Å². The Morgan fingerprint density at radius 3 is 2.87 bits per heavy atom. The highest BCUT2D eigenvalue weighted by Crippen LogP contribution is 2.40. The van der Waals surface area contributed by atoms with Crippen LogP contribution in [0.2, 0.25) is 0 Å². The molecule has 1 unspecified atom stereocenters. The molecule has 30 heavy (non-hydrogen) atoms. The van der Waals surface area contributed by atoms with Gasteiger partial charge in [0.05, 0.1) is 5.69 Å². The number of aliphatic hydroxyl groups excluding tert-OH is 2. The van der Waals surface area contributed by atoms with E-state index in [4.69, 9.17) is 15.2 Å². The van der Waals surface area contributed by atoms with Gasteiger partial charge in [-0.05, 0) is 18.6 Å². The second-order valence-electron chi connectivity index (χ2n) is 7.45. The van der Waals surface area contributed by atoms with Crippen LogP contribution in [0.3, 0.4) is 0 Å². The number of aromatic nitrogens is 3. The van der Waals surface area contributed by atoms with E-state index < -0.39 is 29.9 Å². The van der Waals surface area contributed by atoms with E-state index in [0.717, 1.165) is 32.1 Å². The molecule has 10 nitrogen and oxygen atoms in total. The molecule has 4 atom stereocenters. The smallest absolute Gasteiger partial charge is 0.305 e. The van der Waals surface area contributed by atoms with Crippen molar-refractivity contribution in [3.63, 3.8) is 0 Å². The average molecular weight is 417 g/mol. The summed E-state index contributed by atoms with van der Waals surface area (Å²) in [6.07, 6.45) is 2.45. The lowest BCUT2D eigenvalue weighted by molar-refractivity contribution is -0.150. The molecule has 0 bridgehead atoms. The van der Waals surface area contributed by atoms with Crippen LogP contribution in [-0.4, -0.2) is 55.7 Å². The molecular formula is C20H27N5O5. The minimum absolute atomic E-state index is 0.196. The number of nitrogens with two attached hydrogens (primary N) is 1. The van der Waals surface area contributed by atoms with Crippen LogP contribution in [-0.2, 0) is 19.9 Å². The lowest BCUT2D eigenvalue weighted by Crippen LogP contribution is -2.41. The molecule has 3 heterocycles. The first-order valence-corrected chi connectivity index (χ1v) is 10.1. The van der Waals surface area contributed by atoms with E-state index in [0.29, 0.717) is 5.52 Å². The Kier molecular flexibility index (Phi) is 6.87. The van der Waals surface area contributed by atoms with Crippen LogP contribution >= 0.6 is 0 Å². The van der Waals surface area contributed by atoms with Crippen LogP contribution in [0.15, 0.2) is 18.5 Å². The van der Waals surface area contributed by atoms with Gasteiger partial charge in [-0.2, -0.15) is 10.4 Å². The molecule has 0 spiro atoms. The highest BCUT2D eigenvalue weighted by Gasteiger charge is 2.57. The molecule has 2 aromatic heterocycles. The minimum Gasteiger partial charge on any atom is -0.463 e. The molecule has 1 aliphatic heterocycles. The van der Waals surface area contributed by atoms with E-state index in [1.807, 2.05) is 6.07 Å². The zero-order valence-electron chi connectivity index (χ0n) is 16.9. The fraction of sp³-hybridized carbons (Fsp3) is 0.600. The van der Waals surface area contributed by atoms with Crippen molar-refractivity contribution in [1.29, 1.82) is 5.26 Å². The van der Waals surface area contributed by atoms with Gasteiger partial charge < -0.3 is 25.4 Å². The maximum Gasteiger partial charge on any atom is 0.305 e. The lowest BCUT2D eigenvalue weighted by Gasteiger charge is -2.24. The Bertz CT molecular complexity index is 926. The molecule has 0 saturated carbocycles. The summed E-state index contributed by atoms with van der Waals surface area (Å²) in [4.78, 5) is 15.9. The van der Waals surface area contributed by atoms with Crippen molar-refractivity contribution in [2.24, 2.45) is 0 Å². The Balaban J connectivity index is 1.68. The molecule has 162 valence electrons. The van der Waals surface area contributed by atoms with Crippen molar-refractivity contribution in [2.45, 2.75) is 69.4 Å². The second-order valence-corrected chi connectivity index (χ2v) is 7.45. The van der Waals surface area contributed by atoms with E-state index in [1.165, 1.54) is 16.9 Å². The molecule has 10 heteroatoms. The number of nitrogens with zero attached hydrogens (tertiary/aromatic N) is 4. The number of hydrogen-bond acceptors (Lipinski definition) is 9. The predicted octanol–water partition coefficient (Wildman–Crippen LogP) is 1.05. The fourth-order valence-corrected chi connectivity index (χ4v) is 3.67. The van der Waals surface area contributed by atoms with E-state index in [1.54, 1.807) is 6.07 Å². The van der Waals surface area contributed by atoms with Crippen LogP contribution in [0.5, 0.6) is 0 Å². The van der Waals surface area contributed by atoms with Gasteiger partial charge in [-0.3, -0.25) is 4.79 Å². The molecule has 1 saturated heterocycles. The van der Waals surface area contributed by atoms with Gasteiger partial charge in [0.1, 0.15) is 42.8 Å². The number of fused-ring (bicyclic) bond motifs is 1. The largest absolute Gasteiger partial charge is 0.463 e. The minimum atomic E-state index is -1.90. The van der Waals surface area contributed by atoms with Gasteiger partial charge in [-0.1, -0.05) is 32.6 Å². The van der Waals surface area contributed by atoms with Crippen molar-refractivity contribution >= 4 is 17.3 Å². The van der Waals surface area contributed by atoms with E-state index >= 15 is 0 Å². The monoisotopic (exact) mass is 417 g/mol. The van der Waals surface area contributed by atoms with Crippen LogP contribution in [0.1, 0.15) is 51.1 Å². The Hall–Kier alpha value is -2.74. The third-order valence-electron chi connectivity index (χ3n) is 5.38. The van der Waals surface area contributed by atoms with E-state index in [9.17, 15) is 20.3 Å². The first-order valence-electron chi connectivity index (χ1n) is 10.1. The summed E-state index contributed by atoms with van der Waals surface area (Å²) in [5.74, 6) is -0.207. The standard InChI is InChI=1S/C20H27N5O5/c1-2-3-4-5-6-7-16(26)29-10-14-17(27)18(28)20(11-21,30-14)15-9-8-13-19(22)23-12-24-25(13)15/h8-9,12,14,17-18,27-28H,2-7,10H2,1H3,(H2,22,23,24)/t14-,17-,18-,20?/m1/s1. The fourth-order valence-electron chi connectivity index (χ4n) is 3.67. The van der Waals surface area contributed by atoms with Crippen LogP contribution in [0.25, 0.3) is 5.52 Å². The number of unbranched alkanes of at least 4 members (excludes halogenated alkanes) is 4. The van der Waals surface area contributed by atoms with Crippen molar-refractivity contribution in [2.75, 3.05) is 12.3 Å². The molecule has 3 rings (SSSR count). The zero-order valence-corrected chi connectivity index (χ0v) is 16.9. The predicted molar refractivity (Wildman–Crippen MR) is 106 cm³/mol. The number of nitriles is 1. The van der Waals surface area contributed by atoms with Gasteiger partial charge in [-0.15, -0.1) is 0 Å². The first kappa shape index (κ1) is 22.0. The van der Waals surface area contributed by atoms with Crippen molar-refractivity contribution in [3.8, 4) is 6.07 Å². The summed E-state index contributed by atoms with van der Waals surface area (Å²) in [5, 5.41) is 35.0. The van der Waals surface area contributed by atoms with Gasteiger partial charge >= 0.3 is 5.97 Å². The molecule has 4 N–H and O–H groups in total.